The number of carbonyl (C=O) groups excluding carboxylic acids is 2. The first-order valence-corrected chi connectivity index (χ1v) is 14.2. The molecule has 3 aromatic rings. The van der Waals surface area contributed by atoms with E-state index < -0.39 is 23.3 Å². The summed E-state index contributed by atoms with van der Waals surface area (Å²) in [6, 6.07) is 9.18. The second kappa shape index (κ2) is 12.6. The molecule has 14 heteroatoms. The predicted octanol–water partition coefficient (Wildman–Crippen LogP) is 3.36. The summed E-state index contributed by atoms with van der Waals surface area (Å²) in [6.07, 6.45) is -2.68. The van der Waals surface area contributed by atoms with Crippen LogP contribution >= 0.6 is 0 Å². The van der Waals surface area contributed by atoms with Crippen LogP contribution in [0.5, 0.6) is 11.8 Å². The third kappa shape index (κ3) is 6.25. The zero-order chi connectivity index (χ0) is 31.6. The van der Waals surface area contributed by atoms with Gasteiger partial charge >= 0.3 is 6.18 Å². The van der Waals surface area contributed by atoms with Gasteiger partial charge < -0.3 is 29.5 Å². The number of halogens is 3. The van der Waals surface area contributed by atoms with E-state index in [1.165, 1.54) is 25.2 Å². The highest BCUT2D eigenvalue weighted by molar-refractivity contribution is 5.99. The van der Waals surface area contributed by atoms with Crippen molar-refractivity contribution in [3.63, 3.8) is 0 Å². The number of ether oxygens (including phenoxy) is 2. The number of likely N-dealkylation sites (N-methyl/N-ethyl adjacent to an activating group) is 1. The van der Waals surface area contributed by atoms with Crippen LogP contribution in [-0.2, 0) is 6.18 Å². The first-order valence-electron chi connectivity index (χ1n) is 14.2. The van der Waals surface area contributed by atoms with E-state index in [1.54, 1.807) is 24.4 Å². The fraction of sp³-hybridized carbons (Fsp3) is 0.433. The number of hydrogen-bond acceptors (Lipinski definition) is 9. The molecule has 1 N–H and O–H groups in total. The number of alkyl halides is 3. The van der Waals surface area contributed by atoms with Gasteiger partial charge in [-0.3, -0.25) is 9.59 Å². The number of nitrogens with one attached hydrogen (secondary N) is 1. The Morgan fingerprint density at radius 3 is 2.45 bits per heavy atom. The molecule has 11 nitrogen and oxygen atoms in total. The van der Waals surface area contributed by atoms with E-state index >= 15 is 0 Å². The lowest BCUT2D eigenvalue weighted by molar-refractivity contribution is -0.141. The summed E-state index contributed by atoms with van der Waals surface area (Å²) < 4.78 is 51.7. The second-order valence-electron chi connectivity index (χ2n) is 10.8. The summed E-state index contributed by atoms with van der Waals surface area (Å²) in [5, 5.41) is 3.06. The van der Waals surface area contributed by atoms with Gasteiger partial charge in [-0.25, -0.2) is 15.0 Å². The minimum Gasteiger partial charge on any atom is -0.481 e. The third-order valence-corrected chi connectivity index (χ3v) is 7.86. The number of rotatable bonds is 8. The number of likely N-dealkylation sites (tertiary alicyclic amines) is 1. The predicted molar refractivity (Wildman–Crippen MR) is 156 cm³/mol. The number of methoxy groups -OCH3 is 2. The minimum atomic E-state index is -4.84. The van der Waals surface area contributed by atoms with E-state index in [9.17, 15) is 22.8 Å². The number of piperazine rings is 1. The van der Waals surface area contributed by atoms with E-state index in [0.717, 1.165) is 19.2 Å². The van der Waals surface area contributed by atoms with Crippen molar-refractivity contribution in [2.75, 3.05) is 58.9 Å². The molecule has 2 saturated heterocycles. The van der Waals surface area contributed by atoms with Gasteiger partial charge in [0, 0.05) is 51.0 Å². The highest BCUT2D eigenvalue weighted by atomic mass is 19.4. The molecule has 0 aliphatic carbocycles. The Labute approximate surface area is 253 Å². The van der Waals surface area contributed by atoms with Gasteiger partial charge in [0.25, 0.3) is 11.8 Å². The van der Waals surface area contributed by atoms with Gasteiger partial charge in [-0.1, -0.05) is 6.92 Å². The molecule has 0 saturated carbocycles. The first-order chi connectivity index (χ1) is 21.0. The highest BCUT2D eigenvalue weighted by Gasteiger charge is 2.40. The smallest absolute Gasteiger partial charge is 0.434 e. The lowest BCUT2D eigenvalue weighted by Gasteiger charge is -2.43. The molecule has 2 fully saturated rings. The zero-order valence-corrected chi connectivity index (χ0v) is 24.9. The molecule has 2 amide bonds. The summed E-state index contributed by atoms with van der Waals surface area (Å²) in [7, 11) is 4.68. The molecule has 0 bridgehead atoms. The van der Waals surface area contributed by atoms with Crippen molar-refractivity contribution < 1.29 is 32.2 Å². The molecule has 234 valence electrons. The maximum atomic E-state index is 13.8. The Hall–Kier alpha value is -4.46. The van der Waals surface area contributed by atoms with Crippen LogP contribution in [0, 0.1) is 0 Å². The Kier molecular flexibility index (Phi) is 8.90. The lowest BCUT2D eigenvalue weighted by Crippen LogP contribution is -2.58. The molecule has 5 heterocycles. The Morgan fingerprint density at radius 2 is 1.80 bits per heavy atom. The molecule has 1 atom stereocenters. The van der Waals surface area contributed by atoms with E-state index in [0.29, 0.717) is 29.2 Å². The van der Waals surface area contributed by atoms with Crippen LogP contribution in [-0.4, -0.2) is 103 Å². The van der Waals surface area contributed by atoms with Crippen molar-refractivity contribution in [3.8, 4) is 23.0 Å². The number of aromatic nitrogens is 3. The fourth-order valence-electron chi connectivity index (χ4n) is 5.61. The van der Waals surface area contributed by atoms with E-state index in [-0.39, 0.29) is 49.2 Å². The van der Waals surface area contributed by atoms with Gasteiger partial charge in [0.2, 0.25) is 11.8 Å². The van der Waals surface area contributed by atoms with Crippen molar-refractivity contribution in [3.05, 3.63) is 59.5 Å². The van der Waals surface area contributed by atoms with Gasteiger partial charge in [-0.05, 0) is 43.8 Å². The van der Waals surface area contributed by atoms with Gasteiger partial charge in [-0.2, -0.15) is 13.2 Å². The molecule has 44 heavy (non-hydrogen) atoms. The average molecular weight is 614 g/mol. The number of pyridine rings is 3. The third-order valence-electron chi connectivity index (χ3n) is 7.86. The molecule has 3 aromatic heterocycles. The standard InChI is InChI=1S/C30H34F3N7O4/c1-5-19-17-39(29(42)21-8-11-24(43-3)37-26(21)30(31,32)33)13-14-40(19)23-10-9-22(20-7-6-12-34-28(20)44-4)36-25(23)27(41)35-18-15-38(2)16-18/h6-12,18-19H,5,13-17H2,1-4H3,(H,35,41)/t19-/m1/s1. The van der Waals surface area contributed by atoms with E-state index in [1.807, 2.05) is 24.9 Å². The van der Waals surface area contributed by atoms with Crippen LogP contribution in [0.4, 0.5) is 18.9 Å². The molecule has 2 aliphatic rings. The lowest BCUT2D eigenvalue weighted by atomic mass is 10.0. The van der Waals surface area contributed by atoms with Crippen LogP contribution in [0.2, 0.25) is 0 Å². The minimum absolute atomic E-state index is 0.0175. The maximum Gasteiger partial charge on any atom is 0.434 e. The monoisotopic (exact) mass is 613 g/mol. The van der Waals surface area contributed by atoms with E-state index in [2.05, 4.69) is 20.2 Å². The van der Waals surface area contributed by atoms with Gasteiger partial charge in [0.05, 0.1) is 42.8 Å². The van der Waals surface area contributed by atoms with Crippen molar-refractivity contribution in [2.24, 2.45) is 0 Å². The molecule has 0 radical (unpaired) electrons. The molecular weight excluding hydrogens is 579 g/mol. The van der Waals surface area contributed by atoms with Crippen LogP contribution in [0.25, 0.3) is 11.3 Å². The second-order valence-corrected chi connectivity index (χ2v) is 10.8. The van der Waals surface area contributed by atoms with Crippen LogP contribution in [0.3, 0.4) is 0 Å². The number of nitrogens with zero attached hydrogens (tertiary/aromatic N) is 6. The molecule has 0 unspecified atom stereocenters. The first kappa shape index (κ1) is 31.0. The van der Waals surface area contributed by atoms with Crippen molar-refractivity contribution >= 4 is 17.5 Å². The highest BCUT2D eigenvalue weighted by Crippen LogP contribution is 2.34. The average Bonchev–Trinajstić information content (AvgIpc) is 3.02. The quantitative estimate of drug-likeness (QED) is 0.409. The Balaban J connectivity index is 1.45. The topological polar surface area (TPSA) is 113 Å². The fourth-order valence-corrected chi connectivity index (χ4v) is 5.61. The Morgan fingerprint density at radius 1 is 1.02 bits per heavy atom. The number of anilines is 1. The summed E-state index contributed by atoms with van der Waals surface area (Å²) in [5.41, 5.74) is 0.0768. The molecule has 2 aliphatic heterocycles. The molecule has 0 aromatic carbocycles. The summed E-state index contributed by atoms with van der Waals surface area (Å²) in [4.78, 5) is 45.1. The van der Waals surface area contributed by atoms with Crippen LogP contribution in [0.15, 0.2) is 42.6 Å². The van der Waals surface area contributed by atoms with Gasteiger partial charge in [0.15, 0.2) is 11.4 Å². The molecule has 5 rings (SSSR count). The summed E-state index contributed by atoms with van der Waals surface area (Å²) >= 11 is 0. The van der Waals surface area contributed by atoms with Gasteiger partial charge in [0.1, 0.15) is 0 Å². The van der Waals surface area contributed by atoms with Crippen molar-refractivity contribution in [1.82, 2.24) is 30.1 Å². The summed E-state index contributed by atoms with van der Waals surface area (Å²) in [5.74, 6) is -0.973. The zero-order valence-electron chi connectivity index (χ0n) is 24.9. The SMILES string of the molecule is CC[C@@H]1CN(C(=O)c2ccc(OC)nc2C(F)(F)F)CCN1c1ccc(-c2cccnc2OC)nc1C(=O)NC1CN(C)C1. The van der Waals surface area contributed by atoms with Crippen molar-refractivity contribution in [1.29, 1.82) is 0 Å². The van der Waals surface area contributed by atoms with Crippen LogP contribution in [0.1, 0.15) is 39.9 Å². The van der Waals surface area contributed by atoms with E-state index in [4.69, 9.17) is 14.5 Å². The number of amides is 2. The van der Waals surface area contributed by atoms with Crippen molar-refractivity contribution in [2.45, 2.75) is 31.6 Å². The molecule has 0 spiro atoms. The number of hydrogen-bond donors (Lipinski definition) is 1. The molecular formula is C30H34F3N7O4. The summed E-state index contributed by atoms with van der Waals surface area (Å²) in [6.45, 7) is 3.91. The van der Waals surface area contributed by atoms with Gasteiger partial charge in [-0.15, -0.1) is 0 Å². The normalized spacial score (nSPS) is 17.7. The number of carbonyl (C=O) groups is 2. The Bertz CT molecular complexity index is 1530. The maximum absolute atomic E-state index is 13.8. The van der Waals surface area contributed by atoms with Crippen LogP contribution < -0.4 is 19.7 Å². The largest absolute Gasteiger partial charge is 0.481 e.